The number of piperidine rings is 2. The third kappa shape index (κ3) is 7.18. The van der Waals surface area contributed by atoms with E-state index < -0.39 is 47.8 Å². The SMILES string of the molecule is O=C1CC[C@H](N2Cc3cc(N4CCN(CC5CCN(c6ccc([C@@H]7c8ccc(O)cc8C(F)(F)C[C@@H]7c7cc(F)ccc7F)cc6)CC5)CC4)ccc3C2=O)C(=O)N1. The van der Waals surface area contributed by atoms with Crippen LogP contribution < -0.4 is 15.1 Å². The number of nitrogens with zero attached hydrogens (tertiary/aromatic N) is 4. The number of anilines is 2. The molecule has 0 aromatic heterocycles. The van der Waals surface area contributed by atoms with Crippen molar-refractivity contribution in [2.24, 2.45) is 5.92 Å². The zero-order valence-electron chi connectivity index (χ0n) is 32.0. The average Bonchev–Trinajstić information content (AvgIpc) is 3.54. The molecule has 0 spiro atoms. The first kappa shape index (κ1) is 38.1. The van der Waals surface area contributed by atoms with Gasteiger partial charge < -0.3 is 19.8 Å². The maximum absolute atomic E-state index is 15.6. The number of hydrogen-bond acceptors (Lipinski definition) is 7. The molecule has 3 atom stereocenters. The van der Waals surface area contributed by atoms with E-state index in [1.54, 1.807) is 4.90 Å². The third-order valence-electron chi connectivity index (χ3n) is 13.0. The van der Waals surface area contributed by atoms with Crippen molar-refractivity contribution in [1.29, 1.82) is 0 Å². The normalized spacial score (nSPS) is 23.8. The van der Waals surface area contributed by atoms with Crippen LogP contribution in [-0.2, 0) is 22.1 Å². The van der Waals surface area contributed by atoms with Crippen LogP contribution >= 0.6 is 0 Å². The molecule has 0 saturated carbocycles. The highest BCUT2D eigenvalue weighted by molar-refractivity contribution is 6.05. The van der Waals surface area contributed by atoms with Gasteiger partial charge in [0, 0.05) is 99.5 Å². The van der Waals surface area contributed by atoms with Crippen LogP contribution in [0.4, 0.5) is 28.9 Å². The quantitative estimate of drug-likeness (QED) is 0.156. The molecule has 4 aromatic rings. The first-order valence-corrected chi connectivity index (χ1v) is 20.2. The molecule has 13 heteroatoms. The fourth-order valence-electron chi connectivity index (χ4n) is 9.93. The second-order valence-corrected chi connectivity index (χ2v) is 16.5. The molecule has 58 heavy (non-hydrogen) atoms. The summed E-state index contributed by atoms with van der Waals surface area (Å²) >= 11 is 0. The van der Waals surface area contributed by atoms with Crippen molar-refractivity contribution in [3.8, 4) is 5.75 Å². The summed E-state index contributed by atoms with van der Waals surface area (Å²) < 4.78 is 60.7. The van der Waals surface area contributed by atoms with Crippen molar-refractivity contribution in [3.05, 3.63) is 124 Å². The fraction of sp³-hybridized carbons (Fsp3) is 0.400. The third-order valence-corrected chi connectivity index (χ3v) is 13.0. The van der Waals surface area contributed by atoms with E-state index in [2.05, 4.69) is 26.1 Å². The number of carbonyl (C=O) groups excluding carboxylic acids is 3. The number of amides is 3. The number of nitrogens with one attached hydrogen (secondary N) is 1. The molecule has 4 aromatic carbocycles. The Labute approximate surface area is 334 Å². The molecule has 9 nitrogen and oxygen atoms in total. The largest absolute Gasteiger partial charge is 0.508 e. The molecule has 9 rings (SSSR count). The highest BCUT2D eigenvalue weighted by Gasteiger charge is 2.48. The number of phenolic OH excluding ortho intramolecular Hbond substituents is 1. The summed E-state index contributed by atoms with van der Waals surface area (Å²) in [7, 11) is 0. The molecule has 1 aliphatic carbocycles. The van der Waals surface area contributed by atoms with Gasteiger partial charge in [0.25, 0.3) is 11.8 Å². The fourth-order valence-corrected chi connectivity index (χ4v) is 9.93. The number of hydrogen-bond donors (Lipinski definition) is 2. The number of halogens is 4. The Kier molecular flexibility index (Phi) is 9.90. The number of rotatable bonds is 7. The van der Waals surface area contributed by atoms with Gasteiger partial charge in [-0.25, -0.2) is 17.6 Å². The van der Waals surface area contributed by atoms with Gasteiger partial charge >= 0.3 is 0 Å². The average molecular weight is 796 g/mol. The van der Waals surface area contributed by atoms with Crippen molar-refractivity contribution < 1.29 is 37.1 Å². The maximum Gasteiger partial charge on any atom is 0.274 e. The van der Waals surface area contributed by atoms with Crippen LogP contribution in [0, 0.1) is 17.6 Å². The van der Waals surface area contributed by atoms with Crippen molar-refractivity contribution in [2.75, 3.05) is 55.6 Å². The van der Waals surface area contributed by atoms with Crippen LogP contribution in [0.15, 0.2) is 78.9 Å². The summed E-state index contributed by atoms with van der Waals surface area (Å²) in [6.45, 7) is 6.72. The minimum atomic E-state index is -3.35. The number of imide groups is 1. The van der Waals surface area contributed by atoms with Crippen molar-refractivity contribution >= 4 is 29.1 Å². The molecule has 5 aliphatic rings. The number of fused-ring (bicyclic) bond motifs is 2. The van der Waals surface area contributed by atoms with Gasteiger partial charge in [0.15, 0.2) is 0 Å². The molecular weight excluding hydrogens is 751 g/mol. The molecule has 0 unspecified atom stereocenters. The zero-order valence-corrected chi connectivity index (χ0v) is 32.0. The number of aromatic hydroxyl groups is 1. The van der Waals surface area contributed by atoms with Gasteiger partial charge in [-0.15, -0.1) is 0 Å². The van der Waals surface area contributed by atoms with Gasteiger partial charge in [-0.1, -0.05) is 18.2 Å². The van der Waals surface area contributed by atoms with Crippen molar-refractivity contribution in [2.45, 2.75) is 62.4 Å². The number of phenols is 1. The minimum Gasteiger partial charge on any atom is -0.508 e. The van der Waals surface area contributed by atoms with Crippen molar-refractivity contribution in [3.63, 3.8) is 0 Å². The summed E-state index contributed by atoms with van der Waals surface area (Å²) in [5.74, 6) is -7.06. The van der Waals surface area contributed by atoms with E-state index in [1.807, 2.05) is 36.4 Å². The molecule has 2 N–H and O–H groups in total. The first-order chi connectivity index (χ1) is 27.9. The van der Waals surface area contributed by atoms with E-state index in [1.165, 1.54) is 12.1 Å². The summed E-state index contributed by atoms with van der Waals surface area (Å²) in [5.41, 5.74) is 4.24. The molecule has 0 bridgehead atoms. The number of carbonyl (C=O) groups is 3. The lowest BCUT2D eigenvalue weighted by atomic mass is 9.67. The van der Waals surface area contributed by atoms with Gasteiger partial charge in [0.1, 0.15) is 23.4 Å². The van der Waals surface area contributed by atoms with Crippen LogP contribution in [0.1, 0.15) is 82.1 Å². The smallest absolute Gasteiger partial charge is 0.274 e. The van der Waals surface area contributed by atoms with Crippen LogP contribution in [0.5, 0.6) is 5.75 Å². The van der Waals surface area contributed by atoms with Crippen LogP contribution in [-0.4, -0.2) is 84.5 Å². The van der Waals surface area contributed by atoms with E-state index in [9.17, 15) is 23.9 Å². The molecule has 0 radical (unpaired) electrons. The zero-order chi connectivity index (χ0) is 40.3. The first-order valence-electron chi connectivity index (χ1n) is 20.2. The predicted molar refractivity (Wildman–Crippen MR) is 210 cm³/mol. The van der Waals surface area contributed by atoms with Crippen LogP contribution in [0.25, 0.3) is 0 Å². The lowest BCUT2D eigenvalue weighted by Gasteiger charge is -2.40. The highest BCUT2D eigenvalue weighted by Crippen LogP contribution is 2.55. The van der Waals surface area contributed by atoms with E-state index >= 15 is 13.2 Å². The van der Waals surface area contributed by atoms with E-state index in [4.69, 9.17) is 0 Å². The number of benzene rings is 4. The molecule has 4 heterocycles. The second kappa shape index (κ2) is 15.1. The summed E-state index contributed by atoms with van der Waals surface area (Å²) in [6, 6.07) is 20.0. The lowest BCUT2D eigenvalue weighted by Crippen LogP contribution is -2.52. The molecular formula is C45H45F4N5O4. The highest BCUT2D eigenvalue weighted by atomic mass is 19.3. The standard InChI is InChI=1S/C45H45F4N5O4/c46-30-3-10-39(47)36(22-30)37-24-45(48,49)38-23-33(55)7-9-35(38)42(37)28-1-4-31(5-2-28)52-15-13-27(14-16-52)25-51-17-19-53(20-18-51)32-6-8-34-29(21-32)26-54(44(34)58)40-11-12-41(56)50-43(40)57/h1-10,21-23,27,37,40,42,55H,11-20,24-26H2,(H,50,56,57)/t37-,40+,42-/m1/s1. The van der Waals surface area contributed by atoms with Crippen LogP contribution in [0.3, 0.4) is 0 Å². The Balaban J connectivity index is 0.806. The maximum atomic E-state index is 15.6. The van der Waals surface area contributed by atoms with Gasteiger partial charge in [0.2, 0.25) is 11.8 Å². The summed E-state index contributed by atoms with van der Waals surface area (Å²) in [6.07, 6.45) is 1.90. The molecule has 3 fully saturated rings. The monoisotopic (exact) mass is 795 g/mol. The molecule has 3 saturated heterocycles. The summed E-state index contributed by atoms with van der Waals surface area (Å²) in [4.78, 5) is 46.0. The topological polar surface area (TPSA) is 96.4 Å². The Morgan fingerprint density at radius 3 is 2.22 bits per heavy atom. The van der Waals surface area contributed by atoms with Gasteiger partial charge in [-0.05, 0) is 108 Å². The Hall–Kier alpha value is -5.43. The van der Waals surface area contributed by atoms with Gasteiger partial charge in [0.05, 0.1) is 0 Å². The molecule has 4 aliphatic heterocycles. The molecule has 3 amide bonds. The van der Waals surface area contributed by atoms with E-state index in [-0.39, 0.29) is 35.1 Å². The predicted octanol–water partition coefficient (Wildman–Crippen LogP) is 6.88. The number of alkyl halides is 2. The Morgan fingerprint density at radius 2 is 1.48 bits per heavy atom. The summed E-state index contributed by atoms with van der Waals surface area (Å²) in [5, 5.41) is 12.4. The van der Waals surface area contributed by atoms with E-state index in [0.29, 0.717) is 30.0 Å². The van der Waals surface area contributed by atoms with Gasteiger partial charge in [-0.3, -0.25) is 24.6 Å². The van der Waals surface area contributed by atoms with E-state index in [0.717, 1.165) is 105 Å². The Morgan fingerprint density at radius 1 is 0.759 bits per heavy atom. The molecule has 302 valence electrons. The van der Waals surface area contributed by atoms with Crippen molar-refractivity contribution in [1.82, 2.24) is 15.1 Å². The van der Waals surface area contributed by atoms with Crippen LogP contribution in [0.2, 0.25) is 0 Å². The number of piperazine rings is 1. The lowest BCUT2D eigenvalue weighted by molar-refractivity contribution is -0.136. The minimum absolute atomic E-state index is 0.0861. The van der Waals surface area contributed by atoms with Gasteiger partial charge in [-0.2, -0.15) is 0 Å². The Bertz CT molecular complexity index is 2250. The second-order valence-electron chi connectivity index (χ2n) is 16.5.